The van der Waals surface area contributed by atoms with Crippen molar-refractivity contribution in [1.29, 1.82) is 5.26 Å². The molecular weight excluding hydrogens is 516 g/mol. The summed E-state index contributed by atoms with van der Waals surface area (Å²) in [4.78, 5) is 23.7. The van der Waals surface area contributed by atoms with Crippen molar-refractivity contribution in [3.8, 4) is 17.6 Å². The molecule has 0 aliphatic heterocycles. The van der Waals surface area contributed by atoms with Gasteiger partial charge in [-0.05, 0) is 89.3 Å². The van der Waals surface area contributed by atoms with Gasteiger partial charge in [0.2, 0.25) is 5.91 Å². The Bertz CT molecular complexity index is 1580. The second-order valence-electron chi connectivity index (χ2n) is 10.1. The average molecular weight is 553 g/mol. The van der Waals surface area contributed by atoms with E-state index < -0.39 is 0 Å². The summed E-state index contributed by atoms with van der Waals surface area (Å²) in [6.07, 6.45) is 4.43. The molecule has 0 fully saturated rings. The molecule has 0 saturated heterocycles. The highest BCUT2D eigenvalue weighted by molar-refractivity contribution is 6.02. The zero-order valence-electron chi connectivity index (χ0n) is 24.2. The number of hydrogen-bond donors (Lipinski definition) is 2. The molecule has 41 heavy (non-hydrogen) atoms. The number of fused-ring (bicyclic) bond motifs is 1. The summed E-state index contributed by atoms with van der Waals surface area (Å²) in [5.41, 5.74) is 5.86. The number of anilines is 3. The summed E-state index contributed by atoms with van der Waals surface area (Å²) < 4.78 is 11.9. The zero-order chi connectivity index (χ0) is 29.4. The maximum Gasteiger partial charge on any atom is 0.224 e. The smallest absolute Gasteiger partial charge is 0.224 e. The van der Waals surface area contributed by atoms with Crippen LogP contribution in [-0.2, 0) is 11.4 Å². The maximum atomic E-state index is 12.7. The van der Waals surface area contributed by atoms with E-state index in [9.17, 15) is 10.1 Å². The summed E-state index contributed by atoms with van der Waals surface area (Å²) in [5, 5.41) is 17.0. The van der Waals surface area contributed by atoms with Crippen LogP contribution in [0.25, 0.3) is 10.9 Å². The molecule has 0 radical (unpaired) electrons. The third-order valence-electron chi connectivity index (χ3n) is 6.60. The number of nitrogens with zero attached hydrogens (tertiary/aromatic N) is 4. The normalized spacial score (nSPS) is 10.9. The Morgan fingerprint density at radius 1 is 1.05 bits per heavy atom. The monoisotopic (exact) mass is 552 g/mol. The Kier molecular flexibility index (Phi) is 9.72. The molecule has 0 spiro atoms. The number of amides is 1. The van der Waals surface area contributed by atoms with Crippen molar-refractivity contribution in [3.05, 3.63) is 77.2 Å². The number of benzene rings is 2. The Hall–Kier alpha value is -4.68. The predicted octanol–water partition coefficient (Wildman–Crippen LogP) is 6.12. The quantitative estimate of drug-likeness (QED) is 0.216. The van der Waals surface area contributed by atoms with E-state index in [0.29, 0.717) is 53.2 Å². The van der Waals surface area contributed by atoms with Crippen LogP contribution in [0.15, 0.2) is 54.9 Å². The van der Waals surface area contributed by atoms with Gasteiger partial charge in [0.15, 0.2) is 0 Å². The van der Waals surface area contributed by atoms with Gasteiger partial charge in [-0.3, -0.25) is 14.8 Å². The molecule has 9 nitrogen and oxygen atoms in total. The van der Waals surface area contributed by atoms with Gasteiger partial charge in [-0.25, -0.2) is 0 Å². The molecule has 9 heteroatoms. The third-order valence-corrected chi connectivity index (χ3v) is 6.60. The summed E-state index contributed by atoms with van der Waals surface area (Å²) in [7, 11) is 3.96. The minimum absolute atomic E-state index is 0.0989. The van der Waals surface area contributed by atoms with Gasteiger partial charge in [0.1, 0.15) is 24.2 Å². The molecule has 0 bridgehead atoms. The fourth-order valence-electron chi connectivity index (χ4n) is 4.43. The van der Waals surface area contributed by atoms with Crippen LogP contribution in [0.2, 0.25) is 0 Å². The molecular formula is C32H36N6O3. The van der Waals surface area contributed by atoms with Crippen LogP contribution in [0.1, 0.15) is 42.1 Å². The van der Waals surface area contributed by atoms with Crippen molar-refractivity contribution in [2.24, 2.45) is 0 Å². The lowest BCUT2D eigenvalue weighted by Crippen LogP contribution is -2.17. The number of carbonyl (C=O) groups is 1. The Labute approximate surface area is 241 Å². The van der Waals surface area contributed by atoms with E-state index in [1.807, 2.05) is 76.2 Å². The van der Waals surface area contributed by atoms with E-state index in [-0.39, 0.29) is 5.91 Å². The minimum Gasteiger partial charge on any atom is -0.492 e. The first-order valence-electron chi connectivity index (χ1n) is 13.6. The summed E-state index contributed by atoms with van der Waals surface area (Å²) in [6.45, 7) is 7.50. The number of pyridine rings is 2. The second-order valence-corrected chi connectivity index (χ2v) is 10.1. The van der Waals surface area contributed by atoms with Gasteiger partial charge in [0.25, 0.3) is 0 Å². The van der Waals surface area contributed by atoms with E-state index >= 15 is 0 Å². The summed E-state index contributed by atoms with van der Waals surface area (Å²) >= 11 is 0. The highest BCUT2D eigenvalue weighted by Gasteiger charge is 2.16. The Balaban J connectivity index is 1.62. The highest BCUT2D eigenvalue weighted by Crippen LogP contribution is 2.37. The Morgan fingerprint density at radius 3 is 2.59 bits per heavy atom. The molecule has 0 aliphatic rings. The minimum atomic E-state index is -0.0989. The van der Waals surface area contributed by atoms with E-state index in [4.69, 9.17) is 9.47 Å². The molecule has 0 unspecified atom stereocenters. The number of hydrogen-bond acceptors (Lipinski definition) is 8. The van der Waals surface area contributed by atoms with E-state index in [2.05, 4.69) is 26.7 Å². The lowest BCUT2D eigenvalue weighted by molar-refractivity contribution is -0.116. The number of nitrogens with one attached hydrogen (secondary N) is 2. The molecule has 4 aromatic rings. The van der Waals surface area contributed by atoms with Gasteiger partial charge in [0, 0.05) is 36.0 Å². The van der Waals surface area contributed by atoms with Crippen molar-refractivity contribution in [1.82, 2.24) is 14.9 Å². The average Bonchev–Trinajstić information content (AvgIpc) is 2.94. The number of aryl methyl sites for hydroxylation is 2. The molecule has 2 aromatic carbocycles. The SMILES string of the molecule is CCOc1cc2ncc(C#N)c(Nc3ccc(OCc4ncccc4C)c(C)c3)c2cc1NC(=O)CCCN(C)C. The van der Waals surface area contributed by atoms with Crippen molar-refractivity contribution in [2.45, 2.75) is 40.2 Å². The summed E-state index contributed by atoms with van der Waals surface area (Å²) in [6, 6.07) is 15.5. The standard InChI is InChI=1S/C32H36N6O3/c1-6-40-30-17-26-25(16-27(30)37-31(39)10-8-14-38(4)5)32(23(18-33)19-35-26)36-24-11-12-29(22(3)15-24)41-20-28-21(2)9-7-13-34-28/h7,9,11-13,15-17,19H,6,8,10,14,20H2,1-5H3,(H,35,36)(H,37,39). The zero-order valence-corrected chi connectivity index (χ0v) is 24.2. The van der Waals surface area contributed by atoms with E-state index in [1.165, 1.54) is 0 Å². The van der Waals surface area contributed by atoms with Crippen molar-refractivity contribution >= 4 is 33.9 Å². The summed E-state index contributed by atoms with van der Waals surface area (Å²) in [5.74, 6) is 1.18. The second kappa shape index (κ2) is 13.6. The predicted molar refractivity (Wildman–Crippen MR) is 162 cm³/mol. The lowest BCUT2D eigenvalue weighted by atomic mass is 10.1. The van der Waals surface area contributed by atoms with Crippen molar-refractivity contribution in [3.63, 3.8) is 0 Å². The topological polar surface area (TPSA) is 112 Å². The number of rotatable bonds is 12. The van der Waals surface area contributed by atoms with E-state index in [0.717, 1.165) is 41.2 Å². The van der Waals surface area contributed by atoms with Crippen LogP contribution in [0.5, 0.6) is 11.5 Å². The molecule has 0 aliphatic carbocycles. The van der Waals surface area contributed by atoms with Gasteiger partial charge >= 0.3 is 0 Å². The number of carbonyl (C=O) groups excluding carboxylic acids is 1. The van der Waals surface area contributed by atoms with Crippen molar-refractivity contribution < 1.29 is 14.3 Å². The van der Waals surface area contributed by atoms with Gasteiger partial charge in [-0.1, -0.05) is 6.07 Å². The molecule has 0 atom stereocenters. The van der Waals surface area contributed by atoms with Crippen LogP contribution in [-0.4, -0.2) is 48.0 Å². The Morgan fingerprint density at radius 2 is 1.88 bits per heavy atom. The fraction of sp³-hybridized carbons (Fsp3) is 0.312. The molecule has 1 amide bonds. The molecule has 2 aromatic heterocycles. The fourth-order valence-corrected chi connectivity index (χ4v) is 4.43. The van der Waals surface area contributed by atoms with Gasteiger partial charge < -0.3 is 25.0 Å². The number of nitriles is 1. The van der Waals surface area contributed by atoms with Gasteiger partial charge in [-0.15, -0.1) is 0 Å². The first-order valence-corrected chi connectivity index (χ1v) is 13.6. The van der Waals surface area contributed by atoms with Gasteiger partial charge in [0.05, 0.1) is 34.8 Å². The number of aromatic nitrogens is 2. The first-order chi connectivity index (χ1) is 19.8. The van der Waals surface area contributed by atoms with Crippen LogP contribution in [0.3, 0.4) is 0 Å². The lowest BCUT2D eigenvalue weighted by Gasteiger charge is -2.17. The molecule has 0 saturated carbocycles. The molecule has 2 N–H and O–H groups in total. The molecule has 4 rings (SSSR count). The van der Waals surface area contributed by atoms with Crippen LogP contribution >= 0.6 is 0 Å². The third kappa shape index (κ3) is 7.50. The molecule has 212 valence electrons. The number of ether oxygens (including phenoxy) is 2. The highest BCUT2D eigenvalue weighted by atomic mass is 16.5. The first kappa shape index (κ1) is 29.3. The van der Waals surface area contributed by atoms with Crippen LogP contribution in [0.4, 0.5) is 17.1 Å². The van der Waals surface area contributed by atoms with Crippen LogP contribution in [0, 0.1) is 25.2 Å². The van der Waals surface area contributed by atoms with Crippen LogP contribution < -0.4 is 20.1 Å². The molecule has 2 heterocycles. The van der Waals surface area contributed by atoms with Gasteiger partial charge in [-0.2, -0.15) is 5.26 Å². The van der Waals surface area contributed by atoms with Crippen molar-refractivity contribution in [2.75, 3.05) is 37.9 Å². The largest absolute Gasteiger partial charge is 0.492 e. The maximum absolute atomic E-state index is 12.7. The van der Waals surface area contributed by atoms with E-state index in [1.54, 1.807) is 18.5 Å².